The van der Waals surface area contributed by atoms with Crippen molar-refractivity contribution in [1.82, 2.24) is 10.6 Å². The quantitative estimate of drug-likeness (QED) is 0.338. The monoisotopic (exact) mass is 507 g/mol. The lowest BCUT2D eigenvalue weighted by atomic mass is 10.1. The van der Waals surface area contributed by atoms with Crippen LogP contribution in [0.1, 0.15) is 11.1 Å². The van der Waals surface area contributed by atoms with Crippen LogP contribution in [0.15, 0.2) is 41.4 Å². The van der Waals surface area contributed by atoms with E-state index in [2.05, 4.69) is 15.6 Å². The number of nitrogens with zero attached hydrogens (tertiary/aromatic N) is 1. The molecule has 8 heteroatoms. The van der Waals surface area contributed by atoms with Crippen molar-refractivity contribution < 1.29 is 13.9 Å². The zero-order valence-electron chi connectivity index (χ0n) is 15.5. The summed E-state index contributed by atoms with van der Waals surface area (Å²) in [4.78, 5) is 4.17. The van der Waals surface area contributed by atoms with Crippen molar-refractivity contribution in [2.75, 3.05) is 27.8 Å². The van der Waals surface area contributed by atoms with Crippen molar-refractivity contribution in [3.8, 4) is 11.5 Å². The first-order valence-electron chi connectivity index (χ1n) is 8.17. The summed E-state index contributed by atoms with van der Waals surface area (Å²) < 4.78 is 24.3. The Bertz CT molecular complexity index is 754. The third-order valence-electron chi connectivity index (χ3n) is 3.86. The fraction of sp³-hybridized carbons (Fsp3) is 0.316. The van der Waals surface area contributed by atoms with Crippen LogP contribution in [0.3, 0.4) is 0 Å². The first kappa shape index (κ1) is 23.3. The van der Waals surface area contributed by atoms with Gasteiger partial charge in [-0.15, -0.1) is 24.0 Å². The number of ether oxygens (including phenoxy) is 2. The lowest BCUT2D eigenvalue weighted by Crippen LogP contribution is -2.37. The molecular formula is C19H24ClFIN3O2. The highest BCUT2D eigenvalue weighted by molar-refractivity contribution is 14.0. The molecule has 2 N–H and O–H groups in total. The molecule has 0 spiro atoms. The Kier molecular flexibility index (Phi) is 10.2. The molecular weight excluding hydrogens is 484 g/mol. The highest BCUT2D eigenvalue weighted by Crippen LogP contribution is 2.27. The highest BCUT2D eigenvalue weighted by atomic mass is 127. The SMILES string of the molecule is CN=C(NCCc1c(F)cccc1Cl)NCc1ccc(OC)c(OC)c1.I. The molecule has 2 rings (SSSR count). The number of guanidine groups is 1. The zero-order chi connectivity index (χ0) is 18.9. The number of methoxy groups -OCH3 is 2. The number of hydrogen-bond donors (Lipinski definition) is 2. The van der Waals surface area contributed by atoms with E-state index in [4.69, 9.17) is 21.1 Å². The van der Waals surface area contributed by atoms with E-state index < -0.39 is 0 Å². The van der Waals surface area contributed by atoms with Gasteiger partial charge in [0.05, 0.1) is 14.2 Å². The minimum atomic E-state index is -0.299. The first-order chi connectivity index (χ1) is 12.6. The summed E-state index contributed by atoms with van der Waals surface area (Å²) in [6.07, 6.45) is 0.461. The third kappa shape index (κ3) is 6.73. The first-order valence-corrected chi connectivity index (χ1v) is 8.55. The molecule has 0 bridgehead atoms. The summed E-state index contributed by atoms with van der Waals surface area (Å²) >= 11 is 6.04. The Labute approximate surface area is 181 Å². The van der Waals surface area contributed by atoms with Crippen LogP contribution in [0.4, 0.5) is 4.39 Å². The predicted octanol–water partition coefficient (Wildman–Crippen LogP) is 4.02. The van der Waals surface area contributed by atoms with Crippen LogP contribution in [0.5, 0.6) is 11.5 Å². The summed E-state index contributed by atoms with van der Waals surface area (Å²) in [6.45, 7) is 1.06. The van der Waals surface area contributed by atoms with Crippen LogP contribution >= 0.6 is 35.6 Å². The predicted molar refractivity (Wildman–Crippen MR) is 118 cm³/mol. The van der Waals surface area contributed by atoms with E-state index >= 15 is 0 Å². The molecule has 2 aromatic carbocycles. The number of aliphatic imine (C=N–C) groups is 1. The molecule has 0 radical (unpaired) electrons. The van der Waals surface area contributed by atoms with Crippen LogP contribution in [0, 0.1) is 5.82 Å². The average molecular weight is 508 g/mol. The fourth-order valence-corrected chi connectivity index (χ4v) is 2.73. The second kappa shape index (κ2) is 11.9. The Balaban J connectivity index is 0.00000364. The third-order valence-corrected chi connectivity index (χ3v) is 4.21. The minimum absolute atomic E-state index is 0. The van der Waals surface area contributed by atoms with Gasteiger partial charge in [0.2, 0.25) is 0 Å². The van der Waals surface area contributed by atoms with Gasteiger partial charge in [0.1, 0.15) is 5.82 Å². The summed E-state index contributed by atoms with van der Waals surface area (Å²) in [5, 5.41) is 6.79. The van der Waals surface area contributed by atoms with Crippen molar-refractivity contribution in [2.24, 2.45) is 4.99 Å². The Morgan fingerprint density at radius 3 is 2.48 bits per heavy atom. The molecule has 0 saturated heterocycles. The van der Waals surface area contributed by atoms with Gasteiger partial charge in [-0.3, -0.25) is 4.99 Å². The summed E-state index contributed by atoms with van der Waals surface area (Å²) in [5.41, 5.74) is 1.51. The smallest absolute Gasteiger partial charge is 0.191 e. The topological polar surface area (TPSA) is 54.9 Å². The molecule has 2 aromatic rings. The Morgan fingerprint density at radius 1 is 1.11 bits per heavy atom. The van der Waals surface area contributed by atoms with Crippen molar-refractivity contribution in [3.05, 3.63) is 58.4 Å². The standard InChI is InChI=1S/C19H23ClFN3O2.HI/c1-22-19(23-10-9-14-15(20)5-4-6-16(14)21)24-12-13-7-8-17(25-2)18(11-13)26-3;/h4-8,11H,9-10,12H2,1-3H3,(H2,22,23,24);1H. The highest BCUT2D eigenvalue weighted by Gasteiger charge is 2.08. The average Bonchev–Trinajstić information content (AvgIpc) is 2.66. The van der Waals surface area contributed by atoms with Crippen LogP contribution in [0.25, 0.3) is 0 Å². The summed E-state index contributed by atoms with van der Waals surface area (Å²) in [6, 6.07) is 10.4. The minimum Gasteiger partial charge on any atom is -0.493 e. The van der Waals surface area contributed by atoms with Gasteiger partial charge in [-0.05, 0) is 36.2 Å². The molecule has 0 atom stereocenters. The molecule has 0 aliphatic rings. The maximum absolute atomic E-state index is 13.8. The van der Waals surface area contributed by atoms with Crippen LogP contribution < -0.4 is 20.1 Å². The molecule has 27 heavy (non-hydrogen) atoms. The maximum atomic E-state index is 13.8. The van der Waals surface area contributed by atoms with Gasteiger partial charge < -0.3 is 20.1 Å². The van der Waals surface area contributed by atoms with E-state index in [1.807, 2.05) is 18.2 Å². The summed E-state index contributed by atoms with van der Waals surface area (Å²) in [7, 11) is 4.88. The number of nitrogens with one attached hydrogen (secondary N) is 2. The van der Waals surface area contributed by atoms with E-state index in [0.717, 1.165) is 5.56 Å². The molecule has 0 fully saturated rings. The molecule has 0 aliphatic carbocycles. The normalized spacial score (nSPS) is 10.8. The van der Waals surface area contributed by atoms with E-state index in [-0.39, 0.29) is 29.8 Å². The number of hydrogen-bond acceptors (Lipinski definition) is 3. The maximum Gasteiger partial charge on any atom is 0.191 e. The zero-order valence-corrected chi connectivity index (χ0v) is 18.6. The Hall–Kier alpha value is -1.74. The molecule has 0 heterocycles. The molecule has 0 saturated carbocycles. The molecule has 148 valence electrons. The van der Waals surface area contributed by atoms with Gasteiger partial charge >= 0.3 is 0 Å². The molecule has 0 aromatic heterocycles. The van der Waals surface area contributed by atoms with Crippen molar-refractivity contribution in [1.29, 1.82) is 0 Å². The van der Waals surface area contributed by atoms with Crippen molar-refractivity contribution in [3.63, 3.8) is 0 Å². The van der Waals surface area contributed by atoms with Gasteiger partial charge in [0.15, 0.2) is 17.5 Å². The van der Waals surface area contributed by atoms with Crippen LogP contribution in [-0.2, 0) is 13.0 Å². The number of benzene rings is 2. The second-order valence-electron chi connectivity index (χ2n) is 5.49. The molecule has 0 aliphatic heterocycles. The molecule has 5 nitrogen and oxygen atoms in total. The van der Waals surface area contributed by atoms with Crippen LogP contribution in [-0.4, -0.2) is 33.8 Å². The van der Waals surface area contributed by atoms with Crippen molar-refractivity contribution in [2.45, 2.75) is 13.0 Å². The summed E-state index contributed by atoms with van der Waals surface area (Å²) in [5.74, 6) is 1.67. The van der Waals surface area contributed by atoms with Crippen LogP contribution in [0.2, 0.25) is 5.02 Å². The molecule has 0 unspecified atom stereocenters. The van der Waals surface area contributed by atoms with E-state index in [1.165, 1.54) is 6.07 Å². The lowest BCUT2D eigenvalue weighted by molar-refractivity contribution is 0.354. The van der Waals surface area contributed by atoms with Gasteiger partial charge in [0, 0.05) is 30.7 Å². The Morgan fingerprint density at radius 2 is 1.85 bits per heavy atom. The number of halogens is 3. The largest absolute Gasteiger partial charge is 0.493 e. The van der Waals surface area contributed by atoms with Gasteiger partial charge in [-0.1, -0.05) is 23.7 Å². The van der Waals surface area contributed by atoms with Gasteiger partial charge in [-0.25, -0.2) is 4.39 Å². The van der Waals surface area contributed by atoms with E-state index in [1.54, 1.807) is 33.4 Å². The second-order valence-corrected chi connectivity index (χ2v) is 5.90. The molecule has 0 amide bonds. The lowest BCUT2D eigenvalue weighted by Gasteiger charge is -2.14. The van der Waals surface area contributed by atoms with E-state index in [0.29, 0.717) is 47.6 Å². The fourth-order valence-electron chi connectivity index (χ4n) is 2.47. The number of rotatable bonds is 7. The van der Waals surface area contributed by atoms with E-state index in [9.17, 15) is 4.39 Å². The van der Waals surface area contributed by atoms with Gasteiger partial charge in [-0.2, -0.15) is 0 Å². The van der Waals surface area contributed by atoms with Gasteiger partial charge in [0.25, 0.3) is 0 Å². The van der Waals surface area contributed by atoms with Crippen molar-refractivity contribution >= 4 is 41.5 Å².